The van der Waals surface area contributed by atoms with E-state index in [4.69, 9.17) is 0 Å². The van der Waals surface area contributed by atoms with Gasteiger partial charge in [0, 0.05) is 28.4 Å². The standard InChI is InChI=1S/C21H16F2N2O/c22-15-3-1-2-14(8-15)12-24-21(26)10-13-4-6-17-18-7-5-16(23)11-20(18)25-19(17)9-13/h1-9,11,25H,10,12H2,(H,24,26). The number of benzene rings is 3. The normalized spacial score (nSPS) is 11.2. The molecule has 5 heteroatoms. The first kappa shape index (κ1) is 16.3. The lowest BCUT2D eigenvalue weighted by atomic mass is 10.1. The summed E-state index contributed by atoms with van der Waals surface area (Å²) in [5, 5.41) is 4.73. The molecule has 2 N–H and O–H groups in total. The summed E-state index contributed by atoms with van der Waals surface area (Å²) < 4.78 is 26.5. The number of amides is 1. The minimum absolute atomic E-state index is 0.143. The van der Waals surface area contributed by atoms with Crippen LogP contribution in [-0.4, -0.2) is 10.9 Å². The largest absolute Gasteiger partial charge is 0.354 e. The Morgan fingerprint density at radius 2 is 1.58 bits per heavy atom. The number of aromatic amines is 1. The van der Waals surface area contributed by atoms with E-state index < -0.39 is 0 Å². The Balaban J connectivity index is 1.49. The van der Waals surface area contributed by atoms with Crippen LogP contribution in [0.1, 0.15) is 11.1 Å². The second-order valence-electron chi connectivity index (χ2n) is 6.28. The molecule has 0 bridgehead atoms. The van der Waals surface area contributed by atoms with E-state index >= 15 is 0 Å². The number of H-pyrrole nitrogens is 1. The first-order chi connectivity index (χ1) is 12.6. The van der Waals surface area contributed by atoms with Gasteiger partial charge in [0.2, 0.25) is 5.91 Å². The van der Waals surface area contributed by atoms with E-state index in [0.29, 0.717) is 5.56 Å². The van der Waals surface area contributed by atoms with Crippen LogP contribution in [0.4, 0.5) is 8.78 Å². The van der Waals surface area contributed by atoms with Crippen molar-refractivity contribution in [3.63, 3.8) is 0 Å². The molecule has 0 saturated heterocycles. The van der Waals surface area contributed by atoms with Gasteiger partial charge in [-0.05, 0) is 47.5 Å². The molecule has 3 aromatic carbocycles. The Kier molecular flexibility index (Phi) is 4.13. The minimum Gasteiger partial charge on any atom is -0.354 e. The average Bonchev–Trinajstić information content (AvgIpc) is 2.96. The number of halogens is 2. The van der Waals surface area contributed by atoms with Gasteiger partial charge in [-0.3, -0.25) is 4.79 Å². The van der Waals surface area contributed by atoms with Crippen LogP contribution in [0.15, 0.2) is 60.7 Å². The molecule has 26 heavy (non-hydrogen) atoms. The maximum atomic E-state index is 13.4. The molecule has 0 saturated carbocycles. The lowest BCUT2D eigenvalue weighted by Crippen LogP contribution is -2.24. The van der Waals surface area contributed by atoms with Crippen molar-refractivity contribution < 1.29 is 13.6 Å². The van der Waals surface area contributed by atoms with Crippen molar-refractivity contribution in [2.45, 2.75) is 13.0 Å². The van der Waals surface area contributed by atoms with Gasteiger partial charge in [0.05, 0.1) is 6.42 Å². The number of aromatic nitrogens is 1. The molecule has 0 spiro atoms. The summed E-state index contributed by atoms with van der Waals surface area (Å²) in [6, 6.07) is 16.5. The second-order valence-corrected chi connectivity index (χ2v) is 6.28. The third-order valence-electron chi connectivity index (χ3n) is 4.37. The Labute approximate surface area is 148 Å². The summed E-state index contributed by atoms with van der Waals surface area (Å²) in [5.74, 6) is -0.755. The highest BCUT2D eigenvalue weighted by molar-refractivity contribution is 6.07. The second kappa shape index (κ2) is 6.59. The molecule has 0 fully saturated rings. The zero-order valence-electron chi connectivity index (χ0n) is 13.9. The molecule has 0 unspecified atom stereocenters. The summed E-state index contributed by atoms with van der Waals surface area (Å²) in [4.78, 5) is 15.3. The zero-order chi connectivity index (χ0) is 18.1. The van der Waals surface area contributed by atoms with Crippen molar-refractivity contribution >= 4 is 27.7 Å². The van der Waals surface area contributed by atoms with Gasteiger partial charge in [-0.1, -0.05) is 24.3 Å². The molecule has 1 aromatic heterocycles. The van der Waals surface area contributed by atoms with Crippen molar-refractivity contribution in [3.8, 4) is 0 Å². The molecule has 0 atom stereocenters. The highest BCUT2D eigenvalue weighted by atomic mass is 19.1. The average molecular weight is 350 g/mol. The maximum Gasteiger partial charge on any atom is 0.224 e. The number of hydrogen-bond acceptors (Lipinski definition) is 1. The molecule has 130 valence electrons. The van der Waals surface area contributed by atoms with Crippen LogP contribution in [0.25, 0.3) is 21.8 Å². The quantitative estimate of drug-likeness (QED) is 0.561. The van der Waals surface area contributed by atoms with Gasteiger partial charge in [-0.15, -0.1) is 0 Å². The first-order valence-corrected chi connectivity index (χ1v) is 8.29. The smallest absolute Gasteiger partial charge is 0.224 e. The van der Waals surface area contributed by atoms with Gasteiger partial charge in [0.1, 0.15) is 11.6 Å². The maximum absolute atomic E-state index is 13.4. The van der Waals surface area contributed by atoms with Crippen molar-refractivity contribution in [2.75, 3.05) is 0 Å². The number of carbonyl (C=O) groups is 1. The fourth-order valence-corrected chi connectivity index (χ4v) is 3.13. The van der Waals surface area contributed by atoms with Crippen molar-refractivity contribution in [1.82, 2.24) is 10.3 Å². The predicted octanol–water partition coefficient (Wildman–Crippen LogP) is 4.46. The van der Waals surface area contributed by atoms with E-state index in [1.165, 1.54) is 24.3 Å². The fraction of sp³-hybridized carbons (Fsp3) is 0.0952. The van der Waals surface area contributed by atoms with Crippen LogP contribution in [0.5, 0.6) is 0 Å². The molecule has 1 amide bonds. The van der Waals surface area contributed by atoms with E-state index in [2.05, 4.69) is 10.3 Å². The summed E-state index contributed by atoms with van der Waals surface area (Å²) >= 11 is 0. The van der Waals surface area contributed by atoms with Crippen molar-refractivity contribution in [1.29, 1.82) is 0 Å². The topological polar surface area (TPSA) is 44.9 Å². The van der Waals surface area contributed by atoms with Crippen LogP contribution in [0.2, 0.25) is 0 Å². The number of hydrogen-bond donors (Lipinski definition) is 2. The molecular weight excluding hydrogens is 334 g/mol. The number of rotatable bonds is 4. The molecule has 1 heterocycles. The van der Waals surface area contributed by atoms with Crippen LogP contribution in [0, 0.1) is 11.6 Å². The summed E-state index contributed by atoms with van der Waals surface area (Å²) in [6.07, 6.45) is 0.217. The predicted molar refractivity (Wildman–Crippen MR) is 97.7 cm³/mol. The SMILES string of the molecule is O=C(Cc1ccc2c(c1)[nH]c1cc(F)ccc12)NCc1cccc(F)c1. The molecule has 4 aromatic rings. The Morgan fingerprint density at radius 3 is 2.38 bits per heavy atom. The fourth-order valence-electron chi connectivity index (χ4n) is 3.13. The Morgan fingerprint density at radius 1 is 0.846 bits per heavy atom. The third kappa shape index (κ3) is 3.28. The minimum atomic E-state index is -0.322. The molecule has 0 aliphatic heterocycles. The number of carbonyl (C=O) groups excluding carboxylic acids is 1. The van der Waals surface area contributed by atoms with E-state index in [0.717, 1.165) is 27.4 Å². The van der Waals surface area contributed by atoms with Crippen molar-refractivity contribution in [2.24, 2.45) is 0 Å². The summed E-state index contributed by atoms with van der Waals surface area (Å²) in [6.45, 7) is 0.282. The van der Waals surface area contributed by atoms with Crippen LogP contribution in [-0.2, 0) is 17.8 Å². The van der Waals surface area contributed by atoms with Gasteiger partial charge >= 0.3 is 0 Å². The number of fused-ring (bicyclic) bond motifs is 3. The van der Waals surface area contributed by atoms with Crippen LogP contribution in [0.3, 0.4) is 0 Å². The van der Waals surface area contributed by atoms with Crippen LogP contribution >= 0.6 is 0 Å². The monoisotopic (exact) mass is 350 g/mol. The van der Waals surface area contributed by atoms with E-state index in [1.807, 2.05) is 18.2 Å². The molecule has 0 radical (unpaired) electrons. The number of nitrogens with one attached hydrogen (secondary N) is 2. The zero-order valence-corrected chi connectivity index (χ0v) is 13.9. The van der Waals surface area contributed by atoms with E-state index in [-0.39, 0.29) is 30.5 Å². The van der Waals surface area contributed by atoms with Gasteiger partial charge in [-0.25, -0.2) is 8.78 Å². The highest BCUT2D eigenvalue weighted by Crippen LogP contribution is 2.26. The molecule has 0 aliphatic rings. The van der Waals surface area contributed by atoms with Gasteiger partial charge < -0.3 is 10.3 Å². The van der Waals surface area contributed by atoms with Crippen molar-refractivity contribution in [3.05, 3.63) is 83.4 Å². The lowest BCUT2D eigenvalue weighted by molar-refractivity contribution is -0.120. The van der Waals surface area contributed by atoms with Gasteiger partial charge in [-0.2, -0.15) is 0 Å². The Bertz CT molecular complexity index is 1120. The third-order valence-corrected chi connectivity index (χ3v) is 4.37. The molecular formula is C21H16F2N2O. The van der Waals surface area contributed by atoms with Crippen LogP contribution < -0.4 is 5.32 Å². The molecule has 0 aliphatic carbocycles. The van der Waals surface area contributed by atoms with Gasteiger partial charge in [0.25, 0.3) is 0 Å². The Hall–Kier alpha value is -3.21. The highest BCUT2D eigenvalue weighted by Gasteiger charge is 2.08. The van der Waals surface area contributed by atoms with Gasteiger partial charge in [0.15, 0.2) is 0 Å². The molecule has 3 nitrogen and oxygen atoms in total. The molecule has 4 rings (SSSR count). The summed E-state index contributed by atoms with van der Waals surface area (Å²) in [5.41, 5.74) is 3.15. The van der Waals surface area contributed by atoms with E-state index in [9.17, 15) is 13.6 Å². The first-order valence-electron chi connectivity index (χ1n) is 8.29. The van der Waals surface area contributed by atoms with E-state index in [1.54, 1.807) is 18.2 Å². The summed E-state index contributed by atoms with van der Waals surface area (Å²) in [7, 11) is 0. The lowest BCUT2D eigenvalue weighted by Gasteiger charge is -2.06.